The fraction of sp³-hybridized carbons (Fsp3) is 0.357. The van der Waals surface area contributed by atoms with Gasteiger partial charge >= 0.3 is 5.97 Å². The molecule has 1 saturated heterocycles. The molecule has 3 aliphatic heterocycles. The standard InChI is InChI=1S/C56H61N3O22S6/c1-55(27-7-9-29-82(63,64)65)48(57(3)44-21-19-40-42(53(44)55)31-38(84(69,70)71)33-46(40)86(75,76)77)23-17-37(36-15-13-35(14-16-36)11-5-6-12-52(62)81-59-50(60)25-26-51(59)61)18-24-49-56(2,28-8-10-30-83(66,67)68)54-43-32-39(85(72,73)74)34-47(87(78,79)80)41(43)20-22-45(54)58(49)4/h13-24,31-34H,5-12,25-30H2,1-4H3,(H5-,63,64,65,66,67,68,69,70,71,72,73,74,75,76,77,78,79,80)/p+1. The molecule has 5 aromatic rings. The number of imide groups is 1. The topological polar surface area (TPSA) is 396 Å². The van der Waals surface area contributed by atoms with Gasteiger partial charge in [0.1, 0.15) is 16.8 Å². The van der Waals surface area contributed by atoms with Crippen molar-refractivity contribution in [3.63, 3.8) is 0 Å². The summed E-state index contributed by atoms with van der Waals surface area (Å²) < 4.78 is 212. The zero-order valence-electron chi connectivity index (χ0n) is 47.1. The molecule has 0 radical (unpaired) electrons. The number of rotatable bonds is 24. The third-order valence-electron chi connectivity index (χ3n) is 16.0. The molecule has 3 heterocycles. The summed E-state index contributed by atoms with van der Waals surface area (Å²) in [4.78, 5) is 39.8. The van der Waals surface area contributed by atoms with Gasteiger partial charge in [-0.15, -0.1) is 5.06 Å². The first-order valence-corrected chi connectivity index (χ1v) is 35.8. The van der Waals surface area contributed by atoms with Crippen molar-refractivity contribution >= 4 is 123 Å². The lowest BCUT2D eigenvalue weighted by molar-refractivity contribution is -0.401. The molecule has 8 rings (SSSR count). The number of allylic oxidation sites excluding steroid dienone is 6. The van der Waals surface area contributed by atoms with Crippen molar-refractivity contribution in [3.8, 4) is 0 Å². The summed E-state index contributed by atoms with van der Waals surface area (Å²) in [6.45, 7) is 3.48. The Morgan fingerprint density at radius 3 is 1.62 bits per heavy atom. The van der Waals surface area contributed by atoms with Gasteiger partial charge in [0.05, 0.1) is 26.7 Å². The average Bonchev–Trinajstić information content (AvgIpc) is 1.63. The molecule has 1 fully saturated rings. The fourth-order valence-corrected chi connectivity index (χ4v) is 15.7. The van der Waals surface area contributed by atoms with E-state index < -0.39 is 120 Å². The van der Waals surface area contributed by atoms with Gasteiger partial charge < -0.3 is 9.74 Å². The molecule has 0 aromatic heterocycles. The molecule has 468 valence electrons. The number of benzene rings is 5. The molecule has 3 aliphatic rings. The Kier molecular flexibility index (Phi) is 18.6. The van der Waals surface area contributed by atoms with Crippen molar-refractivity contribution in [2.24, 2.45) is 0 Å². The maximum Gasteiger partial charge on any atom is 0.333 e. The summed E-state index contributed by atoms with van der Waals surface area (Å²) in [7, 11) is -26.1. The average molecular weight is 1320 g/mol. The molecule has 25 nitrogen and oxygen atoms in total. The molecular formula is C56H62N3O22S6+. The van der Waals surface area contributed by atoms with Crippen molar-refractivity contribution in [2.75, 3.05) is 30.5 Å². The van der Waals surface area contributed by atoms with Crippen molar-refractivity contribution < 1.29 is 102 Å². The van der Waals surface area contributed by atoms with Crippen LogP contribution in [0.15, 0.2) is 122 Å². The number of nitrogens with zero attached hydrogens (tertiary/aromatic N) is 3. The van der Waals surface area contributed by atoms with Gasteiger partial charge in [0.2, 0.25) is 5.69 Å². The lowest BCUT2D eigenvalue weighted by Crippen LogP contribution is -2.31. The maximum atomic E-state index is 12.9. The Hall–Kier alpha value is -6.62. The molecule has 6 N–H and O–H groups in total. The summed E-state index contributed by atoms with van der Waals surface area (Å²) in [5.74, 6) is -3.23. The van der Waals surface area contributed by atoms with Gasteiger partial charge in [-0.25, -0.2) is 4.79 Å². The number of amides is 2. The summed E-state index contributed by atoms with van der Waals surface area (Å²) in [6, 6.07) is 16.4. The number of carbonyl (C=O) groups excluding carboxylic acids is 3. The van der Waals surface area contributed by atoms with Gasteiger partial charge in [-0.1, -0.05) is 49.2 Å². The highest BCUT2D eigenvalue weighted by molar-refractivity contribution is 7.87. The Bertz CT molecular complexity index is 4540. The van der Waals surface area contributed by atoms with Crippen LogP contribution < -0.4 is 4.90 Å². The van der Waals surface area contributed by atoms with Gasteiger partial charge in [-0.2, -0.15) is 55.1 Å². The van der Waals surface area contributed by atoms with Crippen molar-refractivity contribution in [1.82, 2.24) is 5.06 Å². The summed E-state index contributed by atoms with van der Waals surface area (Å²) in [6.07, 6.45) is 8.17. The molecule has 2 amide bonds. The van der Waals surface area contributed by atoms with E-state index in [2.05, 4.69) is 0 Å². The smallest absolute Gasteiger partial charge is 0.333 e. The van der Waals surface area contributed by atoms with E-state index in [9.17, 15) is 92.2 Å². The number of fused-ring (bicyclic) bond motifs is 6. The second kappa shape index (κ2) is 24.4. The van der Waals surface area contributed by atoms with E-state index >= 15 is 0 Å². The van der Waals surface area contributed by atoms with Gasteiger partial charge in [-0.3, -0.25) is 36.9 Å². The van der Waals surface area contributed by atoms with E-state index in [1.54, 1.807) is 86.0 Å². The molecular weight excluding hydrogens is 1260 g/mol. The van der Waals surface area contributed by atoms with Crippen LogP contribution in [0.2, 0.25) is 0 Å². The third-order valence-corrected chi connectivity index (χ3v) is 21.1. The number of hydrogen-bond acceptors (Lipinski definition) is 17. The Morgan fingerprint density at radius 2 is 1.11 bits per heavy atom. The Balaban J connectivity index is 1.29. The SMILES string of the molecule is CN1C(=CC=C(C=CC2=[N+](C)c3ccc4c(S(=O)(=O)O)cc(S(=O)(=O)O)cc4c3C2(C)CCCCS(=O)(=O)O)c2ccc(CCCCC(=O)ON3C(=O)CCC3=O)cc2)C(C)(CCCCS(=O)(=O)O)c2c1ccc1c(S(=O)(=O)O)cc(S(=O)(=O)O)cc21. The minimum atomic E-state index is -5.15. The van der Waals surface area contributed by atoms with Crippen LogP contribution >= 0.6 is 0 Å². The molecule has 5 aromatic carbocycles. The van der Waals surface area contributed by atoms with Gasteiger partial charge in [0.25, 0.3) is 72.5 Å². The largest absolute Gasteiger partial charge is 0.347 e. The van der Waals surface area contributed by atoms with Crippen LogP contribution in [0.3, 0.4) is 0 Å². The lowest BCUT2D eigenvalue weighted by Gasteiger charge is -2.29. The van der Waals surface area contributed by atoms with Crippen LogP contribution in [0.1, 0.15) is 107 Å². The first kappa shape index (κ1) is 66.3. The van der Waals surface area contributed by atoms with Crippen molar-refractivity contribution in [1.29, 1.82) is 0 Å². The van der Waals surface area contributed by atoms with E-state index in [0.717, 1.165) is 17.7 Å². The first-order chi connectivity index (χ1) is 40.2. The van der Waals surface area contributed by atoms with E-state index in [0.29, 0.717) is 81.5 Å². The number of hydrogen-bond donors (Lipinski definition) is 6. The molecule has 0 spiro atoms. The van der Waals surface area contributed by atoms with E-state index in [1.807, 2.05) is 12.1 Å². The highest BCUT2D eigenvalue weighted by Crippen LogP contribution is 2.54. The number of unbranched alkanes of at least 4 members (excludes halogenated alkanes) is 3. The summed E-state index contributed by atoms with van der Waals surface area (Å²) in [5.41, 5.74) is 1.69. The van der Waals surface area contributed by atoms with E-state index in [4.69, 9.17) is 4.84 Å². The highest BCUT2D eigenvalue weighted by atomic mass is 32.2. The normalized spacial score (nSPS) is 19.4. The number of anilines is 1. The van der Waals surface area contributed by atoms with Crippen molar-refractivity contribution in [2.45, 2.75) is 121 Å². The Morgan fingerprint density at radius 1 is 0.609 bits per heavy atom. The second-order valence-electron chi connectivity index (χ2n) is 22.0. The first-order valence-electron chi connectivity index (χ1n) is 26.9. The lowest BCUT2D eigenvalue weighted by atomic mass is 9.73. The quantitative estimate of drug-likeness (QED) is 0.0116. The molecule has 0 saturated carbocycles. The highest BCUT2D eigenvalue weighted by Gasteiger charge is 2.49. The predicted molar refractivity (Wildman–Crippen MR) is 318 cm³/mol. The number of carbonyl (C=O) groups is 3. The van der Waals surface area contributed by atoms with Gasteiger partial charge in [-0.05, 0) is 140 Å². The van der Waals surface area contributed by atoms with E-state index in [-0.39, 0.29) is 79.3 Å². The van der Waals surface area contributed by atoms with Crippen LogP contribution in [0.25, 0.3) is 27.1 Å². The molecule has 0 bridgehead atoms. The monoisotopic (exact) mass is 1320 g/mol. The summed E-state index contributed by atoms with van der Waals surface area (Å²) >= 11 is 0. The predicted octanol–water partition coefficient (Wildman–Crippen LogP) is 7.33. The number of aryl methyl sites for hydroxylation is 1. The van der Waals surface area contributed by atoms with Crippen LogP contribution in [0.5, 0.6) is 0 Å². The fourth-order valence-electron chi connectivity index (χ4n) is 11.9. The van der Waals surface area contributed by atoms with Crippen LogP contribution in [-0.2, 0) is 97.2 Å². The molecule has 2 atom stereocenters. The molecule has 2 unspecified atom stereocenters. The minimum Gasteiger partial charge on any atom is -0.347 e. The minimum absolute atomic E-state index is 0.00722. The van der Waals surface area contributed by atoms with E-state index in [1.165, 1.54) is 12.1 Å². The maximum absolute atomic E-state index is 12.9. The van der Waals surface area contributed by atoms with Crippen LogP contribution in [0.4, 0.5) is 11.4 Å². The van der Waals surface area contributed by atoms with Crippen LogP contribution in [0, 0.1) is 0 Å². The molecule has 87 heavy (non-hydrogen) atoms. The molecule has 0 aliphatic carbocycles. The molecule has 31 heteroatoms. The zero-order valence-corrected chi connectivity index (χ0v) is 52.0. The third kappa shape index (κ3) is 14.4. The number of likely N-dealkylation sites (N-methyl/N-ethyl adjacent to an activating group) is 1. The number of hydroxylamine groups is 2. The second-order valence-corrected chi connectivity index (χ2v) is 30.7. The van der Waals surface area contributed by atoms with Gasteiger partial charge in [0.15, 0.2) is 5.71 Å². The summed E-state index contributed by atoms with van der Waals surface area (Å²) in [5, 5.41) is 0.225. The van der Waals surface area contributed by atoms with Crippen LogP contribution in [-0.4, -0.2) is 137 Å². The Labute approximate surface area is 503 Å². The van der Waals surface area contributed by atoms with Gasteiger partial charge in [0, 0.05) is 71.6 Å². The zero-order chi connectivity index (χ0) is 64.2. The van der Waals surface area contributed by atoms with Crippen molar-refractivity contribution in [3.05, 3.63) is 125 Å².